The summed E-state index contributed by atoms with van der Waals surface area (Å²) in [5, 5.41) is 3.28. The van der Waals surface area contributed by atoms with Crippen LogP contribution in [0.1, 0.15) is 0 Å². The Balaban J connectivity index is 2.09. The number of rotatable bonds is 2. The van der Waals surface area contributed by atoms with E-state index in [0.29, 0.717) is 22.1 Å². The van der Waals surface area contributed by atoms with Crippen molar-refractivity contribution in [2.45, 2.75) is 0 Å². The molecule has 1 N–H and O–H groups in total. The van der Waals surface area contributed by atoms with E-state index in [-0.39, 0.29) is 5.56 Å². The van der Waals surface area contributed by atoms with Gasteiger partial charge in [0.05, 0.1) is 5.56 Å². The molecule has 0 atom stereocenters. The Morgan fingerprint density at radius 1 is 1.16 bits per heavy atom. The van der Waals surface area contributed by atoms with Crippen LogP contribution in [0, 0.1) is 0 Å². The second-order valence-electron chi connectivity index (χ2n) is 3.89. The van der Waals surface area contributed by atoms with Crippen LogP contribution in [0.25, 0.3) is 16.9 Å². The van der Waals surface area contributed by atoms with Crippen LogP contribution in [0.3, 0.4) is 0 Å². The van der Waals surface area contributed by atoms with Gasteiger partial charge in [-0.05, 0) is 24.3 Å². The summed E-state index contributed by atoms with van der Waals surface area (Å²) >= 11 is 5.73. The topological polar surface area (TPSA) is 63.6 Å². The summed E-state index contributed by atoms with van der Waals surface area (Å²) in [5.74, 6) is 0.542. The summed E-state index contributed by atoms with van der Waals surface area (Å²) in [4.78, 5) is 20.4. The molecule has 3 aromatic rings. The lowest BCUT2D eigenvalue weighted by Gasteiger charge is -1.98. The molecule has 94 valence electrons. The van der Waals surface area contributed by atoms with Gasteiger partial charge in [0.15, 0.2) is 5.82 Å². The Kier molecular flexibility index (Phi) is 2.89. The first-order chi connectivity index (χ1) is 9.25. The third kappa shape index (κ3) is 2.15. The second kappa shape index (κ2) is 4.70. The Morgan fingerprint density at radius 3 is 2.74 bits per heavy atom. The Labute approximate surface area is 113 Å². The molecule has 3 rings (SSSR count). The van der Waals surface area contributed by atoms with Gasteiger partial charge in [0.1, 0.15) is 5.15 Å². The molecule has 6 heteroatoms. The van der Waals surface area contributed by atoms with Gasteiger partial charge in [-0.2, -0.15) is 0 Å². The number of nitrogens with one attached hydrogen (secondary N) is 1. The van der Waals surface area contributed by atoms with Gasteiger partial charge in [-0.25, -0.2) is 14.6 Å². The fraction of sp³-hybridized carbons (Fsp3) is 0. The fourth-order valence-corrected chi connectivity index (χ4v) is 1.88. The molecule has 0 bridgehead atoms. The highest BCUT2D eigenvalue weighted by Gasteiger charge is 2.10. The van der Waals surface area contributed by atoms with Crippen molar-refractivity contribution in [1.29, 1.82) is 0 Å². The maximum Gasteiger partial charge on any atom is 0.280 e. The molecular formula is C13H9ClN4O. The van der Waals surface area contributed by atoms with Gasteiger partial charge in [0.2, 0.25) is 0 Å². The van der Waals surface area contributed by atoms with Gasteiger partial charge in [0, 0.05) is 24.2 Å². The van der Waals surface area contributed by atoms with Crippen LogP contribution in [0.4, 0.5) is 0 Å². The molecule has 0 unspecified atom stereocenters. The Hall–Kier alpha value is -2.40. The highest BCUT2D eigenvalue weighted by molar-refractivity contribution is 6.29. The van der Waals surface area contributed by atoms with Crippen LogP contribution < -0.4 is 5.56 Å². The molecule has 0 saturated heterocycles. The molecule has 0 fully saturated rings. The average molecular weight is 273 g/mol. The maximum absolute atomic E-state index is 12.3. The molecule has 19 heavy (non-hydrogen) atoms. The summed E-state index contributed by atoms with van der Waals surface area (Å²) in [6.07, 6.45) is 4.82. The SMILES string of the molecule is O=c1c(-c2ccc(Cl)nc2)c[nH]n1-c1ccccn1. The lowest BCUT2D eigenvalue weighted by atomic mass is 10.2. The highest BCUT2D eigenvalue weighted by Crippen LogP contribution is 2.16. The van der Waals surface area contributed by atoms with Crippen LogP contribution >= 0.6 is 11.6 Å². The zero-order valence-corrected chi connectivity index (χ0v) is 10.5. The smallest absolute Gasteiger partial charge is 0.280 e. The summed E-state index contributed by atoms with van der Waals surface area (Å²) < 4.78 is 1.38. The van der Waals surface area contributed by atoms with E-state index in [1.165, 1.54) is 4.68 Å². The lowest BCUT2D eigenvalue weighted by Crippen LogP contribution is -2.16. The lowest BCUT2D eigenvalue weighted by molar-refractivity contribution is 0.819. The number of nitrogens with zero attached hydrogens (tertiary/aromatic N) is 3. The summed E-state index contributed by atoms with van der Waals surface area (Å²) in [6.45, 7) is 0. The molecule has 0 aliphatic rings. The molecule has 0 saturated carbocycles. The number of H-pyrrole nitrogens is 1. The predicted octanol–water partition coefficient (Wildman–Crippen LogP) is 2.28. The first-order valence-electron chi connectivity index (χ1n) is 5.59. The standard InChI is InChI=1S/C13H9ClN4O/c14-11-5-4-9(7-16-11)10-8-17-18(13(10)19)12-3-1-2-6-15-12/h1-8,17H. The van der Waals surface area contributed by atoms with Gasteiger partial charge in [0.25, 0.3) is 5.56 Å². The number of halogens is 1. The molecule has 0 spiro atoms. The first kappa shape index (κ1) is 11.7. The molecule has 0 aromatic carbocycles. The van der Waals surface area contributed by atoms with E-state index in [1.54, 1.807) is 42.9 Å². The van der Waals surface area contributed by atoms with Crippen molar-refractivity contribution >= 4 is 11.6 Å². The van der Waals surface area contributed by atoms with Gasteiger partial charge < -0.3 is 0 Å². The third-order valence-electron chi connectivity index (χ3n) is 2.69. The normalized spacial score (nSPS) is 10.6. The van der Waals surface area contributed by atoms with Gasteiger partial charge in [-0.3, -0.25) is 9.89 Å². The molecule has 0 aliphatic carbocycles. The van der Waals surface area contributed by atoms with Crippen molar-refractivity contribution in [3.05, 3.63) is 64.4 Å². The van der Waals surface area contributed by atoms with Gasteiger partial charge in [-0.15, -0.1) is 0 Å². The van der Waals surface area contributed by atoms with Crippen LogP contribution in [0.2, 0.25) is 5.15 Å². The van der Waals surface area contributed by atoms with Crippen molar-refractivity contribution in [2.24, 2.45) is 0 Å². The average Bonchev–Trinajstić information content (AvgIpc) is 2.83. The van der Waals surface area contributed by atoms with Crippen molar-refractivity contribution in [3.63, 3.8) is 0 Å². The Bertz CT molecular complexity index is 746. The number of aromatic nitrogens is 4. The van der Waals surface area contributed by atoms with E-state index in [9.17, 15) is 4.79 Å². The van der Waals surface area contributed by atoms with Crippen molar-refractivity contribution < 1.29 is 0 Å². The number of hydrogen-bond acceptors (Lipinski definition) is 3. The summed E-state index contributed by atoms with van der Waals surface area (Å²) in [5.41, 5.74) is 1.05. The highest BCUT2D eigenvalue weighted by atomic mass is 35.5. The minimum Gasteiger partial charge on any atom is -0.296 e. The monoisotopic (exact) mass is 272 g/mol. The zero-order valence-electron chi connectivity index (χ0n) is 9.75. The van der Waals surface area contributed by atoms with E-state index in [2.05, 4.69) is 15.1 Å². The quantitative estimate of drug-likeness (QED) is 0.728. The minimum absolute atomic E-state index is 0.178. The number of aromatic amines is 1. The van der Waals surface area contributed by atoms with Gasteiger partial charge in [-0.1, -0.05) is 17.7 Å². The maximum atomic E-state index is 12.3. The Morgan fingerprint density at radius 2 is 2.05 bits per heavy atom. The largest absolute Gasteiger partial charge is 0.296 e. The minimum atomic E-state index is -0.178. The van der Waals surface area contributed by atoms with E-state index in [0.717, 1.165) is 0 Å². The van der Waals surface area contributed by atoms with E-state index >= 15 is 0 Å². The van der Waals surface area contributed by atoms with Crippen molar-refractivity contribution in [3.8, 4) is 16.9 Å². The number of pyridine rings is 2. The number of hydrogen-bond donors (Lipinski definition) is 1. The predicted molar refractivity (Wildman–Crippen MR) is 72.4 cm³/mol. The second-order valence-corrected chi connectivity index (χ2v) is 4.27. The molecule has 5 nitrogen and oxygen atoms in total. The van der Waals surface area contributed by atoms with E-state index in [1.807, 2.05) is 6.07 Å². The molecule has 3 aromatic heterocycles. The van der Waals surface area contributed by atoms with E-state index in [4.69, 9.17) is 11.6 Å². The van der Waals surface area contributed by atoms with Crippen LogP contribution in [-0.2, 0) is 0 Å². The van der Waals surface area contributed by atoms with E-state index < -0.39 is 0 Å². The molecule has 3 heterocycles. The van der Waals surface area contributed by atoms with Crippen molar-refractivity contribution in [1.82, 2.24) is 19.7 Å². The molecule has 0 amide bonds. The van der Waals surface area contributed by atoms with Crippen LogP contribution in [0.5, 0.6) is 0 Å². The molecule has 0 aliphatic heterocycles. The molecular weight excluding hydrogens is 264 g/mol. The summed E-state index contributed by atoms with van der Waals surface area (Å²) in [7, 11) is 0. The van der Waals surface area contributed by atoms with Crippen LogP contribution in [0.15, 0.2) is 53.7 Å². The van der Waals surface area contributed by atoms with Gasteiger partial charge >= 0.3 is 0 Å². The zero-order chi connectivity index (χ0) is 13.2. The first-order valence-corrected chi connectivity index (χ1v) is 5.97. The summed E-state index contributed by atoms with van der Waals surface area (Å²) in [6, 6.07) is 8.76. The molecule has 0 radical (unpaired) electrons. The van der Waals surface area contributed by atoms with Crippen molar-refractivity contribution in [2.75, 3.05) is 0 Å². The third-order valence-corrected chi connectivity index (χ3v) is 2.91. The van der Waals surface area contributed by atoms with Crippen LogP contribution in [-0.4, -0.2) is 19.7 Å². The fourth-order valence-electron chi connectivity index (χ4n) is 1.77.